The van der Waals surface area contributed by atoms with Crippen molar-refractivity contribution in [2.75, 3.05) is 44.2 Å². The van der Waals surface area contributed by atoms with Gasteiger partial charge in [-0.25, -0.2) is 9.97 Å². The van der Waals surface area contributed by atoms with E-state index in [1.165, 1.54) is 17.4 Å². The molecule has 0 bridgehead atoms. The van der Waals surface area contributed by atoms with Crippen molar-refractivity contribution in [2.45, 2.75) is 13.1 Å². The summed E-state index contributed by atoms with van der Waals surface area (Å²) in [5.41, 5.74) is 2.08. The molecule has 1 saturated heterocycles. The fourth-order valence-electron chi connectivity index (χ4n) is 4.41. The molecule has 0 radical (unpaired) electrons. The summed E-state index contributed by atoms with van der Waals surface area (Å²) in [5, 5.41) is 11.5. The number of amides is 1. The lowest BCUT2D eigenvalue weighted by Crippen LogP contribution is -2.48. The monoisotopic (exact) mass is 529 g/mol. The van der Waals surface area contributed by atoms with Gasteiger partial charge in [0.2, 0.25) is 0 Å². The number of carbonyl (C=O) groups is 1. The molecule has 12 heteroatoms. The standard InChI is InChI=1S/C25H26F3N7OS/c1-16-13-20(32-33(16)2)24(36)29-6-7-34-8-10-35(11-9-34)23-18-3-4-21(25(26,27)28)31-22(18)19(14-30-23)17-5-12-37-15-17/h3-5,12-15H,6-11H2,1-2H3,(H,29,36). The van der Waals surface area contributed by atoms with Gasteiger partial charge < -0.3 is 10.2 Å². The molecule has 1 amide bonds. The van der Waals surface area contributed by atoms with Gasteiger partial charge in [0.1, 0.15) is 17.2 Å². The Labute approximate surface area is 215 Å². The first-order valence-electron chi connectivity index (χ1n) is 11.9. The molecular formula is C25H26F3N7OS. The number of halogens is 3. The number of nitrogens with one attached hydrogen (secondary N) is 1. The minimum atomic E-state index is -4.53. The number of fused-ring (bicyclic) bond motifs is 1. The zero-order valence-corrected chi connectivity index (χ0v) is 21.2. The molecule has 0 unspecified atom stereocenters. The second kappa shape index (κ2) is 10.1. The van der Waals surface area contributed by atoms with Crippen LogP contribution in [0.4, 0.5) is 19.0 Å². The highest BCUT2D eigenvalue weighted by Crippen LogP contribution is 2.36. The Morgan fingerprint density at radius 2 is 1.95 bits per heavy atom. The van der Waals surface area contributed by atoms with Crippen LogP contribution in [0.1, 0.15) is 21.9 Å². The van der Waals surface area contributed by atoms with Gasteiger partial charge in [-0.1, -0.05) is 0 Å². The van der Waals surface area contributed by atoms with Gasteiger partial charge >= 0.3 is 6.18 Å². The van der Waals surface area contributed by atoms with Crippen LogP contribution in [-0.2, 0) is 13.2 Å². The molecule has 5 rings (SSSR count). The number of anilines is 1. The van der Waals surface area contributed by atoms with E-state index in [2.05, 4.69) is 30.2 Å². The second-order valence-electron chi connectivity index (χ2n) is 8.98. The molecular weight excluding hydrogens is 503 g/mol. The van der Waals surface area contributed by atoms with Crippen molar-refractivity contribution >= 4 is 34.0 Å². The first kappa shape index (κ1) is 25.2. The van der Waals surface area contributed by atoms with E-state index in [0.29, 0.717) is 54.2 Å². The summed E-state index contributed by atoms with van der Waals surface area (Å²) in [5.74, 6) is 0.433. The van der Waals surface area contributed by atoms with Crippen LogP contribution in [0.5, 0.6) is 0 Å². The highest BCUT2D eigenvalue weighted by Gasteiger charge is 2.33. The van der Waals surface area contributed by atoms with Crippen molar-refractivity contribution in [3.05, 3.63) is 58.3 Å². The summed E-state index contributed by atoms with van der Waals surface area (Å²) in [6.07, 6.45) is -2.91. The fraction of sp³-hybridized carbons (Fsp3) is 0.360. The number of aromatic nitrogens is 4. The first-order valence-corrected chi connectivity index (χ1v) is 12.8. The van der Waals surface area contributed by atoms with Crippen molar-refractivity contribution in [3.63, 3.8) is 0 Å². The molecule has 4 aromatic rings. The minimum absolute atomic E-state index is 0.200. The number of carbonyl (C=O) groups excluding carboxylic acids is 1. The minimum Gasteiger partial charge on any atom is -0.353 e. The van der Waals surface area contributed by atoms with Gasteiger partial charge in [-0.05, 0) is 47.5 Å². The Kier molecular flexibility index (Phi) is 6.86. The van der Waals surface area contributed by atoms with Crippen molar-refractivity contribution in [2.24, 2.45) is 7.05 Å². The molecule has 8 nitrogen and oxygen atoms in total. The molecule has 0 aliphatic carbocycles. The number of alkyl halides is 3. The lowest BCUT2D eigenvalue weighted by Gasteiger charge is -2.36. The van der Waals surface area contributed by atoms with E-state index in [0.717, 1.165) is 30.4 Å². The quantitative estimate of drug-likeness (QED) is 0.407. The lowest BCUT2D eigenvalue weighted by molar-refractivity contribution is -0.140. The second-order valence-corrected chi connectivity index (χ2v) is 9.76. The summed E-state index contributed by atoms with van der Waals surface area (Å²) >= 11 is 1.47. The molecule has 5 heterocycles. The van der Waals surface area contributed by atoms with E-state index in [4.69, 9.17) is 0 Å². The van der Waals surface area contributed by atoms with Gasteiger partial charge in [0, 0.05) is 69.2 Å². The molecule has 0 aromatic carbocycles. The van der Waals surface area contributed by atoms with Crippen LogP contribution < -0.4 is 10.2 Å². The van der Waals surface area contributed by atoms with Gasteiger partial charge in [-0.2, -0.15) is 29.6 Å². The number of rotatable bonds is 6. The van der Waals surface area contributed by atoms with E-state index >= 15 is 0 Å². The highest BCUT2D eigenvalue weighted by atomic mass is 32.1. The van der Waals surface area contributed by atoms with E-state index in [1.807, 2.05) is 23.8 Å². The first-order chi connectivity index (χ1) is 17.7. The third-order valence-electron chi connectivity index (χ3n) is 6.56. The van der Waals surface area contributed by atoms with E-state index in [1.54, 1.807) is 24.0 Å². The van der Waals surface area contributed by atoms with Crippen LogP contribution in [0.2, 0.25) is 0 Å². The normalized spacial score (nSPS) is 14.9. The number of nitrogens with zero attached hydrogens (tertiary/aromatic N) is 6. The molecule has 1 fully saturated rings. The molecule has 4 aromatic heterocycles. The summed E-state index contributed by atoms with van der Waals surface area (Å²) in [6, 6.07) is 6.11. The molecule has 1 N–H and O–H groups in total. The zero-order valence-electron chi connectivity index (χ0n) is 20.4. The van der Waals surface area contributed by atoms with Crippen LogP contribution in [-0.4, -0.2) is 69.8 Å². The topological polar surface area (TPSA) is 79.2 Å². The van der Waals surface area contributed by atoms with Crippen LogP contribution >= 0.6 is 11.3 Å². The predicted molar refractivity (Wildman–Crippen MR) is 137 cm³/mol. The molecule has 0 atom stereocenters. The summed E-state index contributed by atoms with van der Waals surface area (Å²) in [6.45, 7) is 5.87. The van der Waals surface area contributed by atoms with Gasteiger partial charge in [0.05, 0.1) is 5.52 Å². The van der Waals surface area contributed by atoms with Crippen LogP contribution in [0.15, 0.2) is 41.2 Å². The summed E-state index contributed by atoms with van der Waals surface area (Å²) < 4.78 is 42.0. The molecule has 0 saturated carbocycles. The Morgan fingerprint density at radius 3 is 2.59 bits per heavy atom. The van der Waals surface area contributed by atoms with E-state index in [9.17, 15) is 18.0 Å². The Morgan fingerprint density at radius 1 is 1.16 bits per heavy atom. The number of thiophene rings is 1. The van der Waals surface area contributed by atoms with Crippen LogP contribution in [0.25, 0.3) is 22.0 Å². The van der Waals surface area contributed by atoms with Gasteiger partial charge in [0.15, 0.2) is 0 Å². The third kappa shape index (κ3) is 5.30. The maximum absolute atomic E-state index is 13.4. The van der Waals surface area contributed by atoms with Crippen LogP contribution in [0.3, 0.4) is 0 Å². The highest BCUT2D eigenvalue weighted by molar-refractivity contribution is 7.08. The number of piperazine rings is 1. The molecule has 37 heavy (non-hydrogen) atoms. The largest absolute Gasteiger partial charge is 0.433 e. The number of hydrogen-bond acceptors (Lipinski definition) is 7. The predicted octanol–water partition coefficient (Wildman–Crippen LogP) is 3.97. The molecule has 1 aliphatic heterocycles. The number of aryl methyl sites for hydroxylation is 2. The smallest absolute Gasteiger partial charge is 0.353 e. The number of hydrogen-bond donors (Lipinski definition) is 1. The SMILES string of the molecule is Cc1cc(C(=O)NCCN2CCN(c3ncc(-c4ccsc4)c4nc(C(F)(F)F)ccc34)CC2)nn1C. The Balaban J connectivity index is 1.27. The van der Waals surface area contributed by atoms with E-state index < -0.39 is 11.9 Å². The van der Waals surface area contributed by atoms with E-state index in [-0.39, 0.29) is 5.91 Å². The van der Waals surface area contributed by atoms with Gasteiger partial charge in [-0.15, -0.1) is 0 Å². The third-order valence-corrected chi connectivity index (χ3v) is 7.24. The fourth-order valence-corrected chi connectivity index (χ4v) is 5.07. The summed E-state index contributed by atoms with van der Waals surface area (Å²) in [7, 11) is 1.80. The average Bonchev–Trinajstić information content (AvgIpc) is 3.53. The van der Waals surface area contributed by atoms with Crippen molar-refractivity contribution < 1.29 is 18.0 Å². The maximum atomic E-state index is 13.4. The van der Waals surface area contributed by atoms with Crippen molar-refractivity contribution in [3.8, 4) is 11.1 Å². The van der Waals surface area contributed by atoms with Crippen LogP contribution in [0, 0.1) is 6.92 Å². The van der Waals surface area contributed by atoms with Crippen molar-refractivity contribution in [1.29, 1.82) is 0 Å². The van der Waals surface area contributed by atoms with Gasteiger partial charge in [0.25, 0.3) is 5.91 Å². The maximum Gasteiger partial charge on any atom is 0.433 e. The Hall–Kier alpha value is -3.51. The lowest BCUT2D eigenvalue weighted by atomic mass is 10.1. The molecule has 0 spiro atoms. The van der Waals surface area contributed by atoms with Crippen molar-refractivity contribution in [1.82, 2.24) is 30.0 Å². The Bertz CT molecular complexity index is 1390. The van der Waals surface area contributed by atoms with Gasteiger partial charge in [-0.3, -0.25) is 14.4 Å². The summed E-state index contributed by atoms with van der Waals surface area (Å²) in [4.78, 5) is 25.3. The zero-order chi connectivity index (χ0) is 26.2. The molecule has 1 aliphatic rings. The average molecular weight is 530 g/mol. The number of pyridine rings is 2. The molecule has 194 valence electrons.